The molecule has 1 atom stereocenters. The quantitative estimate of drug-likeness (QED) is 0.531. The third-order valence-electron chi connectivity index (χ3n) is 4.21. The van der Waals surface area contributed by atoms with Gasteiger partial charge in [0.1, 0.15) is 11.5 Å². The highest BCUT2D eigenvalue weighted by Crippen LogP contribution is 2.24. The molecule has 0 spiro atoms. The van der Waals surface area contributed by atoms with Crippen LogP contribution in [0.4, 0.5) is 17.3 Å². The standard InChI is InChI=1S/C17H25N7O/c1-12-21-16(19)15(18)17(22-12)24(20)11-14-10-23(7-8-25-14)9-13-5-3-2-4-6-13/h2-6,14H,7-11,18,20H2,1H3,(H2,19,21,22). The Morgan fingerprint density at radius 3 is 2.76 bits per heavy atom. The molecule has 3 rings (SSSR count). The number of hydrogen-bond acceptors (Lipinski definition) is 8. The maximum atomic E-state index is 6.17. The van der Waals surface area contributed by atoms with E-state index in [1.54, 1.807) is 6.92 Å². The second kappa shape index (κ2) is 7.64. The Balaban J connectivity index is 1.62. The smallest absolute Gasteiger partial charge is 0.171 e. The molecule has 0 amide bonds. The van der Waals surface area contributed by atoms with Gasteiger partial charge in [-0.3, -0.25) is 9.91 Å². The molecular weight excluding hydrogens is 318 g/mol. The Labute approximate surface area is 147 Å². The van der Waals surface area contributed by atoms with E-state index in [1.807, 2.05) is 6.07 Å². The van der Waals surface area contributed by atoms with E-state index >= 15 is 0 Å². The number of hydrazine groups is 1. The average Bonchev–Trinajstić information content (AvgIpc) is 2.59. The Morgan fingerprint density at radius 2 is 2.00 bits per heavy atom. The molecule has 2 aromatic rings. The lowest BCUT2D eigenvalue weighted by atomic mass is 10.2. The molecule has 1 aromatic carbocycles. The first-order chi connectivity index (χ1) is 12.0. The molecule has 1 saturated heterocycles. The fraction of sp³-hybridized carbons (Fsp3) is 0.412. The Hall–Kier alpha value is -2.42. The lowest BCUT2D eigenvalue weighted by Gasteiger charge is -2.35. The van der Waals surface area contributed by atoms with E-state index in [0.717, 1.165) is 19.6 Å². The van der Waals surface area contributed by atoms with Crippen molar-refractivity contribution in [3.05, 3.63) is 41.7 Å². The van der Waals surface area contributed by atoms with Crippen LogP contribution < -0.4 is 22.3 Å². The van der Waals surface area contributed by atoms with Gasteiger partial charge in [-0.25, -0.2) is 15.8 Å². The van der Waals surface area contributed by atoms with Gasteiger partial charge in [0.2, 0.25) is 0 Å². The maximum Gasteiger partial charge on any atom is 0.171 e. The largest absolute Gasteiger partial charge is 0.393 e. The van der Waals surface area contributed by atoms with Gasteiger partial charge in [0, 0.05) is 19.6 Å². The van der Waals surface area contributed by atoms with Crippen molar-refractivity contribution < 1.29 is 4.74 Å². The summed E-state index contributed by atoms with van der Waals surface area (Å²) in [4.78, 5) is 10.7. The van der Waals surface area contributed by atoms with E-state index in [0.29, 0.717) is 30.5 Å². The van der Waals surface area contributed by atoms with Crippen LogP contribution in [0.5, 0.6) is 0 Å². The number of aryl methyl sites for hydroxylation is 1. The van der Waals surface area contributed by atoms with Crippen LogP contribution in [0, 0.1) is 6.92 Å². The van der Waals surface area contributed by atoms with Crippen molar-refractivity contribution in [1.82, 2.24) is 14.9 Å². The minimum atomic E-state index is -0.0293. The molecule has 1 aliphatic rings. The van der Waals surface area contributed by atoms with Gasteiger partial charge in [-0.1, -0.05) is 30.3 Å². The number of hydrogen-bond donors (Lipinski definition) is 3. The van der Waals surface area contributed by atoms with Gasteiger partial charge < -0.3 is 16.2 Å². The predicted octanol–water partition coefficient (Wildman–Crippen LogP) is 0.531. The first-order valence-electron chi connectivity index (χ1n) is 8.32. The molecule has 0 radical (unpaired) electrons. The molecule has 6 N–H and O–H groups in total. The maximum absolute atomic E-state index is 6.17. The molecule has 0 bridgehead atoms. The molecule has 8 nitrogen and oxygen atoms in total. The fourth-order valence-electron chi connectivity index (χ4n) is 2.99. The van der Waals surface area contributed by atoms with Crippen molar-refractivity contribution in [1.29, 1.82) is 0 Å². The number of nitrogen functional groups attached to an aromatic ring is 2. The van der Waals surface area contributed by atoms with Crippen LogP contribution in [0.3, 0.4) is 0 Å². The highest BCUT2D eigenvalue weighted by Gasteiger charge is 2.24. The van der Waals surface area contributed by atoms with E-state index in [2.05, 4.69) is 39.1 Å². The first kappa shape index (κ1) is 17.4. The predicted molar refractivity (Wildman–Crippen MR) is 98.6 cm³/mol. The normalized spacial score (nSPS) is 18.2. The average molecular weight is 343 g/mol. The van der Waals surface area contributed by atoms with Crippen molar-refractivity contribution in [2.75, 3.05) is 42.7 Å². The van der Waals surface area contributed by atoms with E-state index in [9.17, 15) is 0 Å². The van der Waals surface area contributed by atoms with Crippen LogP contribution >= 0.6 is 0 Å². The van der Waals surface area contributed by atoms with Crippen molar-refractivity contribution >= 4 is 17.3 Å². The zero-order valence-corrected chi connectivity index (χ0v) is 14.4. The molecule has 8 heteroatoms. The highest BCUT2D eigenvalue weighted by molar-refractivity contribution is 5.73. The van der Waals surface area contributed by atoms with E-state index < -0.39 is 0 Å². The topological polar surface area (TPSA) is 120 Å². The van der Waals surface area contributed by atoms with Gasteiger partial charge >= 0.3 is 0 Å². The third kappa shape index (κ3) is 4.36. The Kier molecular flexibility index (Phi) is 5.32. The summed E-state index contributed by atoms with van der Waals surface area (Å²) >= 11 is 0. The molecular formula is C17H25N7O. The molecule has 0 saturated carbocycles. The van der Waals surface area contributed by atoms with Crippen LogP contribution in [0.1, 0.15) is 11.4 Å². The summed E-state index contributed by atoms with van der Waals surface area (Å²) in [5.41, 5.74) is 13.4. The van der Waals surface area contributed by atoms with Gasteiger partial charge in [-0.15, -0.1) is 0 Å². The number of nitrogens with two attached hydrogens (primary N) is 3. The number of anilines is 3. The number of ether oxygens (including phenoxy) is 1. The number of nitrogens with zero attached hydrogens (tertiary/aromatic N) is 4. The van der Waals surface area contributed by atoms with Crippen molar-refractivity contribution in [2.45, 2.75) is 19.6 Å². The summed E-state index contributed by atoms with van der Waals surface area (Å²) < 4.78 is 5.86. The SMILES string of the molecule is Cc1nc(N)c(N)c(N(N)CC2CN(Cc3ccccc3)CCO2)n1. The first-order valence-corrected chi connectivity index (χ1v) is 8.32. The van der Waals surface area contributed by atoms with Gasteiger partial charge in [-0.2, -0.15) is 0 Å². The number of benzene rings is 1. The van der Waals surface area contributed by atoms with Crippen LogP contribution in [0.25, 0.3) is 0 Å². The molecule has 2 heterocycles. The van der Waals surface area contributed by atoms with Gasteiger partial charge in [0.05, 0.1) is 19.3 Å². The molecule has 1 fully saturated rings. The number of rotatable bonds is 5. The van der Waals surface area contributed by atoms with Crippen LogP contribution in [-0.4, -0.2) is 47.2 Å². The monoisotopic (exact) mass is 343 g/mol. The summed E-state index contributed by atoms with van der Waals surface area (Å²) in [6.45, 7) is 5.50. The van der Waals surface area contributed by atoms with E-state index in [1.165, 1.54) is 10.6 Å². The zero-order valence-electron chi connectivity index (χ0n) is 14.4. The fourth-order valence-corrected chi connectivity index (χ4v) is 2.99. The summed E-state index contributed by atoms with van der Waals surface area (Å²) in [6.07, 6.45) is -0.0293. The molecule has 1 unspecified atom stereocenters. The molecule has 134 valence electrons. The molecule has 1 aliphatic heterocycles. The molecule has 0 aliphatic carbocycles. The number of aromatic nitrogens is 2. The minimum Gasteiger partial charge on any atom is -0.393 e. The van der Waals surface area contributed by atoms with Gasteiger partial charge in [0.25, 0.3) is 0 Å². The van der Waals surface area contributed by atoms with Crippen LogP contribution in [0.2, 0.25) is 0 Å². The minimum absolute atomic E-state index is 0.0293. The Morgan fingerprint density at radius 1 is 1.24 bits per heavy atom. The Bertz CT molecular complexity index is 710. The van der Waals surface area contributed by atoms with E-state index in [4.69, 9.17) is 22.0 Å². The lowest BCUT2D eigenvalue weighted by Crippen LogP contribution is -2.49. The summed E-state index contributed by atoms with van der Waals surface area (Å²) in [5, 5.41) is 1.50. The summed E-state index contributed by atoms with van der Waals surface area (Å²) in [5.74, 6) is 7.39. The second-order valence-electron chi connectivity index (χ2n) is 6.26. The molecule has 1 aromatic heterocycles. The van der Waals surface area contributed by atoms with E-state index in [-0.39, 0.29) is 11.9 Å². The highest BCUT2D eigenvalue weighted by atomic mass is 16.5. The lowest BCUT2D eigenvalue weighted by molar-refractivity contribution is -0.0269. The summed E-state index contributed by atoms with van der Waals surface area (Å²) in [7, 11) is 0. The van der Waals surface area contributed by atoms with Crippen LogP contribution in [-0.2, 0) is 11.3 Å². The van der Waals surface area contributed by atoms with Gasteiger partial charge in [-0.05, 0) is 12.5 Å². The number of morpholine rings is 1. The van der Waals surface area contributed by atoms with Crippen molar-refractivity contribution in [2.24, 2.45) is 5.84 Å². The van der Waals surface area contributed by atoms with Crippen molar-refractivity contribution in [3.63, 3.8) is 0 Å². The third-order valence-corrected chi connectivity index (χ3v) is 4.21. The summed E-state index contributed by atoms with van der Waals surface area (Å²) in [6, 6.07) is 10.4. The van der Waals surface area contributed by atoms with Crippen LogP contribution in [0.15, 0.2) is 30.3 Å². The zero-order chi connectivity index (χ0) is 17.8. The molecule has 25 heavy (non-hydrogen) atoms. The van der Waals surface area contributed by atoms with Gasteiger partial charge in [0.15, 0.2) is 11.6 Å². The second-order valence-corrected chi connectivity index (χ2v) is 6.26. The van der Waals surface area contributed by atoms with Crippen molar-refractivity contribution in [3.8, 4) is 0 Å².